The molecule has 1 amide bonds. The molecule has 2 heterocycles. The summed E-state index contributed by atoms with van der Waals surface area (Å²) in [4.78, 5) is 14.8. The Morgan fingerprint density at radius 3 is 2.20 bits per heavy atom. The zero-order valence-corrected chi connectivity index (χ0v) is 17.9. The van der Waals surface area contributed by atoms with Gasteiger partial charge >= 0.3 is 0 Å². The number of rotatable bonds is 5. The number of nitrogens with zero attached hydrogens (tertiary/aromatic N) is 1. The molecular formula is C25H31NO4. The maximum absolute atomic E-state index is 12.9. The molecule has 160 valence electrons. The summed E-state index contributed by atoms with van der Waals surface area (Å²) in [7, 11) is 3.33. The van der Waals surface area contributed by atoms with E-state index in [1.807, 2.05) is 41.3 Å². The van der Waals surface area contributed by atoms with Gasteiger partial charge in [0.2, 0.25) is 0 Å². The highest BCUT2D eigenvalue weighted by Crippen LogP contribution is 2.39. The number of hydrogen-bond donors (Lipinski definition) is 0. The van der Waals surface area contributed by atoms with Crippen LogP contribution in [0.5, 0.6) is 11.5 Å². The summed E-state index contributed by atoms with van der Waals surface area (Å²) in [5.74, 6) is 2.38. The van der Waals surface area contributed by atoms with Gasteiger partial charge in [-0.2, -0.15) is 0 Å². The minimum absolute atomic E-state index is 0.0773. The van der Waals surface area contributed by atoms with E-state index in [-0.39, 0.29) is 11.5 Å². The first-order valence-corrected chi connectivity index (χ1v) is 10.8. The number of ether oxygens (including phenoxy) is 3. The fourth-order valence-electron chi connectivity index (χ4n) is 4.78. The second-order valence-electron chi connectivity index (χ2n) is 8.46. The van der Waals surface area contributed by atoms with Gasteiger partial charge in [0.05, 0.1) is 19.8 Å². The van der Waals surface area contributed by atoms with Gasteiger partial charge in [-0.1, -0.05) is 12.1 Å². The van der Waals surface area contributed by atoms with Crippen LogP contribution >= 0.6 is 0 Å². The third-order valence-electron chi connectivity index (χ3n) is 6.58. The van der Waals surface area contributed by atoms with Crippen LogP contribution in [0.3, 0.4) is 0 Å². The molecule has 0 aromatic heterocycles. The second kappa shape index (κ2) is 9.09. The number of likely N-dealkylation sites (tertiary alicyclic amines) is 1. The van der Waals surface area contributed by atoms with Gasteiger partial charge in [-0.15, -0.1) is 0 Å². The Balaban J connectivity index is 1.33. The molecule has 0 saturated carbocycles. The molecule has 4 rings (SSSR count). The van der Waals surface area contributed by atoms with E-state index < -0.39 is 0 Å². The normalized spacial score (nSPS) is 20.7. The van der Waals surface area contributed by atoms with Crippen molar-refractivity contribution in [3.63, 3.8) is 0 Å². The smallest absolute Gasteiger partial charge is 0.253 e. The van der Waals surface area contributed by atoms with Crippen LogP contribution in [0.15, 0.2) is 48.5 Å². The topological polar surface area (TPSA) is 48.0 Å². The van der Waals surface area contributed by atoms with E-state index in [1.165, 1.54) is 5.56 Å². The Labute approximate surface area is 178 Å². The zero-order valence-electron chi connectivity index (χ0n) is 17.9. The Morgan fingerprint density at radius 1 is 1.00 bits per heavy atom. The van der Waals surface area contributed by atoms with E-state index in [0.717, 1.165) is 63.3 Å². The van der Waals surface area contributed by atoms with Crippen LogP contribution < -0.4 is 9.47 Å². The lowest BCUT2D eigenvalue weighted by molar-refractivity contribution is -0.123. The van der Waals surface area contributed by atoms with Crippen LogP contribution in [0.4, 0.5) is 0 Å². The van der Waals surface area contributed by atoms with E-state index in [4.69, 9.17) is 14.2 Å². The van der Waals surface area contributed by atoms with Crippen LogP contribution in [-0.4, -0.2) is 50.3 Å². The van der Waals surface area contributed by atoms with Crippen molar-refractivity contribution in [3.05, 3.63) is 59.7 Å². The number of hydrogen-bond acceptors (Lipinski definition) is 4. The molecule has 2 saturated heterocycles. The van der Waals surface area contributed by atoms with Gasteiger partial charge in [0.1, 0.15) is 11.5 Å². The molecular weight excluding hydrogens is 378 g/mol. The summed E-state index contributed by atoms with van der Waals surface area (Å²) in [6, 6.07) is 15.8. The van der Waals surface area contributed by atoms with Gasteiger partial charge in [0, 0.05) is 25.3 Å². The van der Waals surface area contributed by atoms with Crippen LogP contribution in [0, 0.1) is 5.92 Å². The molecule has 0 N–H and O–H groups in total. The van der Waals surface area contributed by atoms with Gasteiger partial charge in [-0.3, -0.25) is 4.79 Å². The molecule has 2 aliphatic rings. The summed E-state index contributed by atoms with van der Waals surface area (Å²) in [5.41, 5.74) is 1.99. The largest absolute Gasteiger partial charge is 0.497 e. The molecule has 2 aromatic rings. The minimum Gasteiger partial charge on any atom is -0.497 e. The summed E-state index contributed by atoms with van der Waals surface area (Å²) < 4.78 is 16.8. The average molecular weight is 410 g/mol. The standard InChI is InChI=1S/C25H31NO4/c1-28-22-7-3-19(4-8-22)17-20-11-16-30-25(18-20)12-14-26(15-13-25)24(27)21-5-9-23(29-2)10-6-21/h3-10,20H,11-18H2,1-2H3. The summed E-state index contributed by atoms with van der Waals surface area (Å²) >= 11 is 0. The van der Waals surface area contributed by atoms with Crippen molar-refractivity contribution < 1.29 is 19.0 Å². The molecule has 0 bridgehead atoms. The molecule has 5 nitrogen and oxygen atoms in total. The van der Waals surface area contributed by atoms with Gasteiger partial charge < -0.3 is 19.1 Å². The van der Waals surface area contributed by atoms with Crippen LogP contribution in [0.25, 0.3) is 0 Å². The first kappa shape index (κ1) is 20.7. The van der Waals surface area contributed by atoms with Gasteiger partial charge in [0.15, 0.2) is 0 Å². The first-order chi connectivity index (χ1) is 14.6. The van der Waals surface area contributed by atoms with Crippen LogP contribution in [0.2, 0.25) is 0 Å². The number of amides is 1. The van der Waals surface area contributed by atoms with Crippen molar-refractivity contribution in [2.75, 3.05) is 33.9 Å². The minimum atomic E-state index is -0.0773. The second-order valence-corrected chi connectivity index (χ2v) is 8.46. The molecule has 1 spiro atoms. The summed E-state index contributed by atoms with van der Waals surface area (Å²) in [6.45, 7) is 2.31. The molecule has 30 heavy (non-hydrogen) atoms. The van der Waals surface area contributed by atoms with E-state index in [0.29, 0.717) is 11.5 Å². The molecule has 1 atom stereocenters. The lowest BCUT2D eigenvalue weighted by Crippen LogP contribution is -2.51. The Bertz CT molecular complexity index is 838. The molecule has 0 aliphatic carbocycles. The van der Waals surface area contributed by atoms with E-state index in [1.54, 1.807) is 14.2 Å². The van der Waals surface area contributed by atoms with Gasteiger partial charge in [-0.25, -0.2) is 0 Å². The lowest BCUT2D eigenvalue weighted by atomic mass is 9.77. The van der Waals surface area contributed by atoms with E-state index >= 15 is 0 Å². The van der Waals surface area contributed by atoms with E-state index in [2.05, 4.69) is 12.1 Å². The highest BCUT2D eigenvalue weighted by atomic mass is 16.5. The Hall–Kier alpha value is -2.53. The van der Waals surface area contributed by atoms with Crippen molar-refractivity contribution in [2.45, 2.75) is 37.7 Å². The monoisotopic (exact) mass is 409 g/mol. The number of carbonyl (C=O) groups excluding carboxylic acids is 1. The predicted octanol–water partition coefficient (Wildman–Crippen LogP) is 4.35. The van der Waals surface area contributed by atoms with Crippen LogP contribution in [-0.2, 0) is 11.2 Å². The molecule has 0 radical (unpaired) electrons. The maximum Gasteiger partial charge on any atom is 0.253 e. The van der Waals surface area contributed by atoms with Crippen molar-refractivity contribution in [1.82, 2.24) is 4.90 Å². The van der Waals surface area contributed by atoms with Crippen molar-refractivity contribution in [3.8, 4) is 11.5 Å². The average Bonchev–Trinajstić information content (AvgIpc) is 2.80. The van der Waals surface area contributed by atoms with Gasteiger partial charge in [-0.05, 0) is 80.0 Å². The number of methoxy groups -OCH3 is 2. The molecule has 2 fully saturated rings. The summed E-state index contributed by atoms with van der Waals surface area (Å²) in [6.07, 6.45) is 5.07. The van der Waals surface area contributed by atoms with E-state index in [9.17, 15) is 4.79 Å². The van der Waals surface area contributed by atoms with Crippen molar-refractivity contribution in [2.24, 2.45) is 5.92 Å². The maximum atomic E-state index is 12.9. The molecule has 2 aromatic carbocycles. The SMILES string of the molecule is COc1ccc(CC2CCOC3(CCN(C(=O)c4ccc(OC)cc4)CC3)C2)cc1. The van der Waals surface area contributed by atoms with Crippen LogP contribution in [0.1, 0.15) is 41.6 Å². The Kier molecular flexibility index (Phi) is 6.28. The predicted molar refractivity (Wildman–Crippen MR) is 116 cm³/mol. The quantitative estimate of drug-likeness (QED) is 0.737. The third-order valence-corrected chi connectivity index (χ3v) is 6.58. The number of piperidine rings is 1. The van der Waals surface area contributed by atoms with Crippen molar-refractivity contribution >= 4 is 5.91 Å². The summed E-state index contributed by atoms with van der Waals surface area (Å²) in [5, 5.41) is 0. The fourth-order valence-corrected chi connectivity index (χ4v) is 4.78. The lowest BCUT2D eigenvalue weighted by Gasteiger charge is -2.46. The fraction of sp³-hybridized carbons (Fsp3) is 0.480. The number of benzene rings is 2. The van der Waals surface area contributed by atoms with Gasteiger partial charge in [0.25, 0.3) is 5.91 Å². The highest BCUT2D eigenvalue weighted by molar-refractivity contribution is 5.94. The highest BCUT2D eigenvalue weighted by Gasteiger charge is 2.41. The Morgan fingerprint density at radius 2 is 1.60 bits per heavy atom. The molecule has 1 unspecified atom stereocenters. The van der Waals surface area contributed by atoms with Crippen molar-refractivity contribution in [1.29, 1.82) is 0 Å². The molecule has 5 heteroatoms. The zero-order chi connectivity index (χ0) is 21.0. The first-order valence-electron chi connectivity index (χ1n) is 10.8. The third kappa shape index (κ3) is 4.62. The number of carbonyl (C=O) groups is 1. The molecule has 2 aliphatic heterocycles.